The van der Waals surface area contributed by atoms with E-state index in [4.69, 9.17) is 0 Å². The minimum absolute atomic E-state index is 0.175. The predicted octanol–water partition coefficient (Wildman–Crippen LogP) is 6.29. The van der Waals surface area contributed by atoms with Gasteiger partial charge < -0.3 is 0 Å². The maximum absolute atomic E-state index is 14.4. The molecular weight excluding hydrogens is 349 g/mol. The van der Waals surface area contributed by atoms with Crippen molar-refractivity contribution in [1.29, 1.82) is 0 Å². The molecule has 0 bridgehead atoms. The van der Waals surface area contributed by atoms with E-state index in [2.05, 4.69) is 18.8 Å². The van der Waals surface area contributed by atoms with Gasteiger partial charge in [0.2, 0.25) is 0 Å². The molecule has 0 aromatic heterocycles. The fourth-order valence-corrected chi connectivity index (χ4v) is 6.53. The summed E-state index contributed by atoms with van der Waals surface area (Å²) in [5, 5.41) is 0. The molecule has 1 aliphatic rings. The summed E-state index contributed by atoms with van der Waals surface area (Å²) >= 11 is 0. The average molecular weight is 371 g/mol. The molecule has 1 radical (unpaired) electrons. The van der Waals surface area contributed by atoms with Gasteiger partial charge in [0.25, 0.3) is 0 Å². The Balaban J connectivity index is 1.70. The fraction of sp³-hybridized carbons (Fsp3) is 0.364. The van der Waals surface area contributed by atoms with Gasteiger partial charge in [0.15, 0.2) is 11.6 Å². The summed E-state index contributed by atoms with van der Waals surface area (Å²) in [7, 11) is -0.175. The van der Waals surface area contributed by atoms with E-state index in [1.807, 2.05) is 6.07 Å². The molecule has 3 rings (SSSR count). The van der Waals surface area contributed by atoms with Gasteiger partial charge in [-0.1, -0.05) is 49.4 Å². The minimum atomic E-state index is -0.950. The lowest BCUT2D eigenvalue weighted by molar-refractivity contribution is 0.508. The summed E-state index contributed by atoms with van der Waals surface area (Å²) in [5.41, 5.74) is 1.66. The van der Waals surface area contributed by atoms with Crippen molar-refractivity contribution in [1.82, 2.24) is 0 Å². The number of halogens is 3. The molecule has 4 heteroatoms. The average Bonchev–Trinajstić information content (AvgIpc) is 2.64. The summed E-state index contributed by atoms with van der Waals surface area (Å²) in [4.78, 5) is 0. The molecule has 1 heterocycles. The second kappa shape index (κ2) is 8.59. The van der Waals surface area contributed by atoms with Gasteiger partial charge in [-0.05, 0) is 54.7 Å². The van der Waals surface area contributed by atoms with Crippen LogP contribution in [-0.4, -0.2) is 8.80 Å². The van der Waals surface area contributed by atoms with Crippen molar-refractivity contribution in [2.45, 2.75) is 50.2 Å². The number of hydrogen-bond acceptors (Lipinski definition) is 0. The van der Waals surface area contributed by atoms with E-state index in [0.717, 1.165) is 30.5 Å². The summed E-state index contributed by atoms with van der Waals surface area (Å²) in [5.74, 6) is 3.65. The van der Waals surface area contributed by atoms with Crippen molar-refractivity contribution in [3.8, 4) is 11.8 Å². The summed E-state index contributed by atoms with van der Waals surface area (Å²) in [6.45, 7) is 2.25. The van der Waals surface area contributed by atoms with E-state index < -0.39 is 11.6 Å². The molecule has 1 aliphatic heterocycles. The van der Waals surface area contributed by atoms with E-state index in [1.165, 1.54) is 30.6 Å². The maximum Gasteiger partial charge on any atom is 0.160 e. The van der Waals surface area contributed by atoms with Crippen LogP contribution in [0.1, 0.15) is 48.8 Å². The Morgan fingerprint density at radius 2 is 1.69 bits per heavy atom. The standard InChI is InChI=1S/C22H22F3Si/c1-2-11-26-12-9-17(10-13-26)19-7-6-18(21(24)15-19)5-3-16-4-8-20(23)22(25)14-16/h4,6-8,14-15,17H,2,9-13H2,1H3. The van der Waals surface area contributed by atoms with Crippen LogP contribution in [0.25, 0.3) is 0 Å². The first-order chi connectivity index (χ1) is 12.6. The van der Waals surface area contributed by atoms with Crippen molar-refractivity contribution in [3.05, 3.63) is 70.5 Å². The van der Waals surface area contributed by atoms with Gasteiger partial charge in [-0.15, -0.1) is 0 Å². The lowest BCUT2D eigenvalue weighted by Gasteiger charge is -2.27. The smallest absolute Gasteiger partial charge is 0.160 e. The molecule has 0 nitrogen and oxygen atoms in total. The molecule has 0 spiro atoms. The number of hydrogen-bond donors (Lipinski definition) is 0. The molecule has 0 N–H and O–H groups in total. The first-order valence-electron chi connectivity index (χ1n) is 9.17. The SMILES string of the molecule is CCC[Si]1CCC(c2ccc(C#Cc3ccc(F)c(F)c3)c(F)c2)CC1. The van der Waals surface area contributed by atoms with E-state index in [1.54, 1.807) is 12.1 Å². The van der Waals surface area contributed by atoms with Crippen LogP contribution in [0.4, 0.5) is 13.2 Å². The molecule has 2 aromatic carbocycles. The number of rotatable bonds is 3. The fourth-order valence-electron chi connectivity index (χ4n) is 3.56. The maximum atomic E-state index is 14.4. The highest BCUT2D eigenvalue weighted by Crippen LogP contribution is 2.35. The van der Waals surface area contributed by atoms with E-state index in [9.17, 15) is 13.2 Å². The molecule has 0 unspecified atom stereocenters. The van der Waals surface area contributed by atoms with E-state index in [0.29, 0.717) is 11.5 Å². The first kappa shape index (κ1) is 18.8. The van der Waals surface area contributed by atoms with Crippen molar-refractivity contribution in [2.75, 3.05) is 0 Å². The van der Waals surface area contributed by atoms with Gasteiger partial charge in [-0.2, -0.15) is 0 Å². The van der Waals surface area contributed by atoms with Gasteiger partial charge in [0.1, 0.15) is 5.82 Å². The van der Waals surface area contributed by atoms with E-state index >= 15 is 0 Å². The zero-order valence-electron chi connectivity index (χ0n) is 14.9. The Kier molecular flexibility index (Phi) is 6.21. The topological polar surface area (TPSA) is 0 Å². The normalized spacial score (nSPS) is 15.5. The molecule has 0 aliphatic carbocycles. The van der Waals surface area contributed by atoms with Crippen LogP contribution < -0.4 is 0 Å². The van der Waals surface area contributed by atoms with Gasteiger partial charge in [0.05, 0.1) is 5.56 Å². The molecule has 0 saturated carbocycles. The summed E-state index contributed by atoms with van der Waals surface area (Å²) in [6, 6.07) is 12.7. The molecule has 2 aromatic rings. The monoisotopic (exact) mass is 371 g/mol. The Morgan fingerprint density at radius 1 is 0.923 bits per heavy atom. The zero-order valence-corrected chi connectivity index (χ0v) is 15.9. The minimum Gasteiger partial charge on any atom is -0.206 e. The third-order valence-corrected chi connectivity index (χ3v) is 8.22. The second-order valence-corrected chi connectivity index (χ2v) is 9.89. The van der Waals surface area contributed by atoms with Crippen LogP contribution in [0.15, 0.2) is 36.4 Å². The molecule has 0 atom stereocenters. The summed E-state index contributed by atoms with van der Waals surface area (Å²) < 4.78 is 40.6. The lowest BCUT2D eigenvalue weighted by atomic mass is 9.92. The Morgan fingerprint density at radius 3 is 2.35 bits per heavy atom. The Labute approximate surface area is 155 Å². The van der Waals surface area contributed by atoms with Crippen molar-refractivity contribution in [3.63, 3.8) is 0 Å². The van der Waals surface area contributed by atoms with Crippen molar-refractivity contribution >= 4 is 8.80 Å². The summed E-state index contributed by atoms with van der Waals surface area (Å²) in [6.07, 6.45) is 3.60. The molecule has 1 saturated heterocycles. The third-order valence-electron chi connectivity index (χ3n) is 5.02. The highest BCUT2D eigenvalue weighted by Gasteiger charge is 2.23. The largest absolute Gasteiger partial charge is 0.206 e. The number of benzene rings is 2. The van der Waals surface area contributed by atoms with Crippen LogP contribution in [0.5, 0.6) is 0 Å². The molecular formula is C22H22F3Si. The lowest BCUT2D eigenvalue weighted by Crippen LogP contribution is -2.20. The van der Waals surface area contributed by atoms with Crippen LogP contribution in [0.3, 0.4) is 0 Å². The molecule has 135 valence electrons. The highest BCUT2D eigenvalue weighted by molar-refractivity contribution is 6.59. The van der Waals surface area contributed by atoms with Crippen molar-refractivity contribution < 1.29 is 13.2 Å². The molecule has 0 amide bonds. The second-order valence-electron chi connectivity index (χ2n) is 6.89. The van der Waals surface area contributed by atoms with Crippen LogP contribution in [-0.2, 0) is 0 Å². The van der Waals surface area contributed by atoms with E-state index in [-0.39, 0.29) is 20.2 Å². The quantitative estimate of drug-likeness (QED) is 0.440. The highest BCUT2D eigenvalue weighted by atomic mass is 28.3. The van der Waals surface area contributed by atoms with Crippen LogP contribution >= 0.6 is 0 Å². The third kappa shape index (κ3) is 4.59. The van der Waals surface area contributed by atoms with Gasteiger partial charge >= 0.3 is 0 Å². The van der Waals surface area contributed by atoms with Crippen LogP contribution in [0.2, 0.25) is 18.1 Å². The first-order valence-corrected chi connectivity index (χ1v) is 11.3. The van der Waals surface area contributed by atoms with Gasteiger partial charge in [-0.3, -0.25) is 0 Å². The Bertz CT molecular complexity index is 827. The molecule has 26 heavy (non-hydrogen) atoms. The Hall–Kier alpha value is -1.99. The van der Waals surface area contributed by atoms with Gasteiger partial charge in [-0.25, -0.2) is 13.2 Å². The molecule has 1 fully saturated rings. The van der Waals surface area contributed by atoms with Crippen LogP contribution in [0, 0.1) is 29.3 Å². The zero-order chi connectivity index (χ0) is 18.5. The predicted molar refractivity (Wildman–Crippen MR) is 101 cm³/mol. The van der Waals surface area contributed by atoms with Gasteiger partial charge in [0, 0.05) is 14.4 Å². The van der Waals surface area contributed by atoms with Crippen molar-refractivity contribution in [2.24, 2.45) is 0 Å².